The van der Waals surface area contributed by atoms with Gasteiger partial charge in [0.15, 0.2) is 0 Å². The molecule has 94 valence electrons. The van der Waals surface area contributed by atoms with Crippen LogP contribution < -0.4 is 5.32 Å². The summed E-state index contributed by atoms with van der Waals surface area (Å²) >= 11 is 7.32. The number of ether oxygens (including phenoxy) is 1. The van der Waals surface area contributed by atoms with Crippen molar-refractivity contribution < 1.29 is 9.53 Å². The van der Waals surface area contributed by atoms with Gasteiger partial charge in [0.1, 0.15) is 12.3 Å². The summed E-state index contributed by atoms with van der Waals surface area (Å²) in [6.07, 6.45) is 1.68. The lowest BCUT2D eigenvalue weighted by Crippen LogP contribution is -2.17. The van der Waals surface area contributed by atoms with Gasteiger partial charge in [-0.25, -0.2) is 0 Å². The summed E-state index contributed by atoms with van der Waals surface area (Å²) < 4.78 is 5.46. The smallest absolute Gasteiger partial charge is 0.250 e. The molecule has 0 aromatic carbocycles. The summed E-state index contributed by atoms with van der Waals surface area (Å²) in [6.45, 7) is 0.0134. The number of methoxy groups -OCH3 is 1. The maximum Gasteiger partial charge on any atom is 0.250 e. The van der Waals surface area contributed by atoms with E-state index in [1.54, 1.807) is 24.4 Å². The van der Waals surface area contributed by atoms with Crippen LogP contribution in [0.3, 0.4) is 0 Å². The third-order valence-electron chi connectivity index (χ3n) is 2.16. The highest BCUT2D eigenvalue weighted by molar-refractivity contribution is 7.19. The Morgan fingerprint density at radius 2 is 2.33 bits per heavy atom. The van der Waals surface area contributed by atoms with E-state index < -0.39 is 0 Å². The number of nitrogens with zero attached hydrogens (tertiary/aromatic N) is 1. The Hall–Kier alpha value is -1.43. The van der Waals surface area contributed by atoms with Gasteiger partial charge in [0.25, 0.3) is 0 Å². The molecule has 0 aliphatic carbocycles. The van der Waals surface area contributed by atoms with Crippen molar-refractivity contribution in [2.45, 2.75) is 0 Å². The third-order valence-corrected chi connectivity index (χ3v) is 3.40. The second-order valence-electron chi connectivity index (χ2n) is 3.48. The van der Waals surface area contributed by atoms with E-state index in [4.69, 9.17) is 16.3 Å². The van der Waals surface area contributed by atoms with Crippen LogP contribution in [0, 0.1) is 0 Å². The second kappa shape index (κ2) is 5.95. The molecule has 1 amide bonds. The Kier molecular flexibility index (Phi) is 4.30. The fraction of sp³-hybridized carbons (Fsp3) is 0.167. The number of aromatic nitrogens is 1. The number of thiophene rings is 1. The summed E-state index contributed by atoms with van der Waals surface area (Å²) in [7, 11) is 1.47. The molecule has 4 nitrogen and oxygen atoms in total. The number of carbonyl (C=O) groups excluding carboxylic acids is 1. The van der Waals surface area contributed by atoms with Gasteiger partial charge in [-0.2, -0.15) is 0 Å². The number of amides is 1. The molecular formula is C12H11ClN2O2S. The van der Waals surface area contributed by atoms with Gasteiger partial charge < -0.3 is 10.1 Å². The van der Waals surface area contributed by atoms with Gasteiger partial charge in [-0.15, -0.1) is 11.3 Å². The highest BCUT2D eigenvalue weighted by Gasteiger charge is 2.11. The first kappa shape index (κ1) is 13.0. The maximum absolute atomic E-state index is 11.5. The molecule has 18 heavy (non-hydrogen) atoms. The minimum Gasteiger partial charge on any atom is -0.375 e. The molecule has 0 unspecified atom stereocenters. The zero-order valence-electron chi connectivity index (χ0n) is 9.64. The molecule has 0 atom stereocenters. The molecular weight excluding hydrogens is 272 g/mol. The molecule has 2 aromatic heterocycles. The SMILES string of the molecule is COCC(=O)Nc1cccnc1-c1ccc(Cl)s1. The molecule has 0 fully saturated rings. The van der Waals surface area contributed by atoms with E-state index in [-0.39, 0.29) is 12.5 Å². The van der Waals surface area contributed by atoms with Crippen LogP contribution in [0.15, 0.2) is 30.5 Å². The summed E-state index contributed by atoms with van der Waals surface area (Å²) in [4.78, 5) is 16.7. The van der Waals surface area contributed by atoms with E-state index in [0.717, 1.165) is 4.88 Å². The van der Waals surface area contributed by atoms with Crippen LogP contribution in [0.5, 0.6) is 0 Å². The second-order valence-corrected chi connectivity index (χ2v) is 5.20. The monoisotopic (exact) mass is 282 g/mol. The van der Waals surface area contributed by atoms with Crippen molar-refractivity contribution in [3.63, 3.8) is 0 Å². The van der Waals surface area contributed by atoms with Crippen LogP contribution >= 0.6 is 22.9 Å². The van der Waals surface area contributed by atoms with Crippen molar-refractivity contribution in [2.24, 2.45) is 0 Å². The standard InChI is InChI=1S/C12H11ClN2O2S/c1-17-7-11(16)15-8-3-2-6-14-12(8)9-4-5-10(13)18-9/h2-6H,7H2,1H3,(H,15,16). The minimum atomic E-state index is -0.214. The molecule has 0 spiro atoms. The molecule has 2 rings (SSSR count). The summed E-state index contributed by atoms with van der Waals surface area (Å²) in [5, 5.41) is 2.76. The number of anilines is 1. The van der Waals surface area contributed by atoms with Gasteiger partial charge in [0, 0.05) is 13.3 Å². The number of carbonyl (C=O) groups is 1. The largest absolute Gasteiger partial charge is 0.375 e. The van der Waals surface area contributed by atoms with Crippen molar-refractivity contribution in [1.82, 2.24) is 4.98 Å². The fourth-order valence-electron chi connectivity index (χ4n) is 1.46. The van der Waals surface area contributed by atoms with Crippen LogP contribution in [-0.2, 0) is 9.53 Å². The highest BCUT2D eigenvalue weighted by atomic mass is 35.5. The first-order valence-corrected chi connectivity index (χ1v) is 6.39. The van der Waals surface area contributed by atoms with E-state index in [1.165, 1.54) is 18.4 Å². The Balaban J connectivity index is 2.28. The van der Waals surface area contributed by atoms with Gasteiger partial charge >= 0.3 is 0 Å². The lowest BCUT2D eigenvalue weighted by Gasteiger charge is -2.08. The Morgan fingerprint density at radius 3 is 3.00 bits per heavy atom. The van der Waals surface area contributed by atoms with Gasteiger partial charge in [0.05, 0.1) is 14.9 Å². The van der Waals surface area contributed by atoms with E-state index in [2.05, 4.69) is 10.3 Å². The van der Waals surface area contributed by atoms with Gasteiger partial charge in [-0.05, 0) is 24.3 Å². The first-order valence-electron chi connectivity index (χ1n) is 5.20. The van der Waals surface area contributed by atoms with Crippen molar-refractivity contribution in [1.29, 1.82) is 0 Å². The molecule has 2 aromatic rings. The van der Waals surface area contributed by atoms with Crippen LogP contribution in [-0.4, -0.2) is 24.6 Å². The molecule has 0 saturated heterocycles. The molecule has 2 heterocycles. The average molecular weight is 283 g/mol. The Morgan fingerprint density at radius 1 is 1.50 bits per heavy atom. The van der Waals surface area contributed by atoms with Gasteiger partial charge in [0.2, 0.25) is 5.91 Å². The quantitative estimate of drug-likeness (QED) is 0.938. The predicted molar refractivity (Wildman–Crippen MR) is 73.1 cm³/mol. The van der Waals surface area contributed by atoms with Gasteiger partial charge in [-0.1, -0.05) is 11.6 Å². The zero-order valence-corrected chi connectivity index (χ0v) is 11.2. The van der Waals surface area contributed by atoms with Crippen LogP contribution in [0.1, 0.15) is 0 Å². The Labute approximate surface area is 114 Å². The molecule has 0 aliphatic rings. The lowest BCUT2D eigenvalue weighted by atomic mass is 10.2. The average Bonchev–Trinajstić information content (AvgIpc) is 2.77. The predicted octanol–water partition coefficient (Wildman–Crippen LogP) is 3.05. The van der Waals surface area contributed by atoms with Gasteiger partial charge in [-0.3, -0.25) is 9.78 Å². The topological polar surface area (TPSA) is 51.2 Å². The molecule has 0 saturated carbocycles. The van der Waals surface area contributed by atoms with Crippen LogP contribution in [0.2, 0.25) is 4.34 Å². The van der Waals surface area contributed by atoms with Crippen molar-refractivity contribution in [3.8, 4) is 10.6 Å². The van der Waals surface area contributed by atoms with E-state index >= 15 is 0 Å². The lowest BCUT2D eigenvalue weighted by molar-refractivity contribution is -0.119. The van der Waals surface area contributed by atoms with E-state index in [0.29, 0.717) is 15.7 Å². The third kappa shape index (κ3) is 3.07. The molecule has 1 N–H and O–H groups in total. The van der Waals surface area contributed by atoms with Crippen LogP contribution in [0.4, 0.5) is 5.69 Å². The van der Waals surface area contributed by atoms with Crippen molar-refractivity contribution in [2.75, 3.05) is 19.0 Å². The zero-order chi connectivity index (χ0) is 13.0. The minimum absolute atomic E-state index is 0.0134. The first-order chi connectivity index (χ1) is 8.70. The Bertz CT molecular complexity index is 557. The number of hydrogen-bond acceptors (Lipinski definition) is 4. The molecule has 6 heteroatoms. The number of rotatable bonds is 4. The number of nitrogens with one attached hydrogen (secondary N) is 1. The number of pyridine rings is 1. The van der Waals surface area contributed by atoms with Crippen molar-refractivity contribution >= 4 is 34.5 Å². The van der Waals surface area contributed by atoms with E-state index in [1.807, 2.05) is 6.07 Å². The van der Waals surface area contributed by atoms with Crippen molar-refractivity contribution in [3.05, 3.63) is 34.8 Å². The molecule has 0 bridgehead atoms. The number of halogens is 1. The fourth-order valence-corrected chi connectivity index (χ4v) is 2.52. The molecule has 0 aliphatic heterocycles. The normalized spacial score (nSPS) is 10.3. The summed E-state index contributed by atoms with van der Waals surface area (Å²) in [6, 6.07) is 7.24. The maximum atomic E-state index is 11.5. The number of hydrogen-bond donors (Lipinski definition) is 1. The summed E-state index contributed by atoms with van der Waals surface area (Å²) in [5.41, 5.74) is 1.36. The van der Waals surface area contributed by atoms with E-state index in [9.17, 15) is 4.79 Å². The summed E-state index contributed by atoms with van der Waals surface area (Å²) in [5.74, 6) is -0.214. The molecule has 0 radical (unpaired) electrons. The van der Waals surface area contributed by atoms with Crippen LogP contribution in [0.25, 0.3) is 10.6 Å². The highest BCUT2D eigenvalue weighted by Crippen LogP contribution is 2.33.